The molecule has 1 aromatic carbocycles. The first-order valence-electron chi connectivity index (χ1n) is 14.9. The molecule has 0 aromatic heterocycles. The maximum absolute atomic E-state index is 13.3. The number of esters is 2. The first-order valence-corrected chi connectivity index (χ1v) is 15.3. The van der Waals surface area contributed by atoms with E-state index in [-0.39, 0.29) is 37.6 Å². The van der Waals surface area contributed by atoms with Crippen LogP contribution in [-0.4, -0.2) is 68.9 Å². The molecule has 4 N–H and O–H groups in total. The Hall–Kier alpha value is -4.12. The number of aliphatic imine (C=N–C) groups is 1. The van der Waals surface area contributed by atoms with Gasteiger partial charge in [-0.3, -0.25) is 19.4 Å². The fourth-order valence-electron chi connectivity index (χ4n) is 4.42. The van der Waals surface area contributed by atoms with Gasteiger partial charge in [-0.25, -0.2) is 4.79 Å². The van der Waals surface area contributed by atoms with Crippen LogP contribution in [0.4, 0.5) is 0 Å². The lowest BCUT2D eigenvalue weighted by molar-refractivity contribution is -0.175. The van der Waals surface area contributed by atoms with E-state index in [2.05, 4.69) is 15.6 Å². The van der Waals surface area contributed by atoms with Crippen molar-refractivity contribution >= 4 is 41.6 Å². The minimum absolute atomic E-state index is 0.0214. The second-order valence-corrected chi connectivity index (χ2v) is 11.7. The Morgan fingerprint density at radius 2 is 1.91 bits per heavy atom. The van der Waals surface area contributed by atoms with Crippen LogP contribution in [0.5, 0.6) is 5.75 Å². The first-order chi connectivity index (χ1) is 21.4. The molecule has 2 amide bonds. The van der Waals surface area contributed by atoms with Crippen molar-refractivity contribution in [3.8, 4) is 5.75 Å². The Morgan fingerprint density at radius 3 is 2.53 bits per heavy atom. The number of methoxy groups -OCH3 is 1. The van der Waals surface area contributed by atoms with E-state index in [1.54, 1.807) is 50.5 Å². The minimum Gasteiger partial charge on any atom is -0.495 e. The number of nitrogens with zero attached hydrogens (tertiary/aromatic N) is 1. The topological polar surface area (TPSA) is 158 Å². The first kappa shape index (κ1) is 37.1. The van der Waals surface area contributed by atoms with Crippen LogP contribution in [0.15, 0.2) is 59.3 Å². The number of nitrogens with one attached hydrogen (secondary N) is 2. The van der Waals surface area contributed by atoms with Crippen LogP contribution >= 0.6 is 11.6 Å². The quantitative estimate of drug-likeness (QED) is 0.209. The van der Waals surface area contributed by atoms with Crippen LogP contribution < -0.4 is 21.1 Å². The maximum Gasteiger partial charge on any atom is 0.347 e. The van der Waals surface area contributed by atoms with Gasteiger partial charge in [-0.1, -0.05) is 63.6 Å². The summed E-state index contributed by atoms with van der Waals surface area (Å²) in [5.41, 5.74) is 7.02. The molecule has 0 bridgehead atoms. The van der Waals surface area contributed by atoms with Gasteiger partial charge < -0.3 is 30.6 Å². The number of carbonyl (C=O) groups excluding carboxylic acids is 4. The molecule has 0 radical (unpaired) electrons. The van der Waals surface area contributed by atoms with E-state index in [4.69, 9.17) is 31.5 Å². The van der Waals surface area contributed by atoms with Gasteiger partial charge in [0.1, 0.15) is 17.9 Å². The predicted octanol–water partition coefficient (Wildman–Crippen LogP) is 3.69. The second-order valence-electron chi connectivity index (χ2n) is 11.3. The summed E-state index contributed by atoms with van der Waals surface area (Å²) in [6.07, 6.45) is 8.11. The number of halogens is 1. The molecule has 1 aliphatic heterocycles. The summed E-state index contributed by atoms with van der Waals surface area (Å²) in [7, 11) is 3.12. The highest BCUT2D eigenvalue weighted by Crippen LogP contribution is 2.25. The summed E-state index contributed by atoms with van der Waals surface area (Å²) in [6.45, 7) is 7.17. The van der Waals surface area contributed by atoms with Gasteiger partial charge in [-0.15, -0.1) is 0 Å². The number of allylic oxidation sites excluding steroid dienone is 2. The molecule has 45 heavy (non-hydrogen) atoms. The summed E-state index contributed by atoms with van der Waals surface area (Å²) < 4.78 is 16.7. The van der Waals surface area contributed by atoms with Crippen molar-refractivity contribution in [2.45, 2.75) is 65.2 Å². The summed E-state index contributed by atoms with van der Waals surface area (Å²) in [5.74, 6) is -2.97. The molecular weight excluding hydrogens is 600 g/mol. The lowest BCUT2D eigenvalue weighted by Gasteiger charge is -2.26. The van der Waals surface area contributed by atoms with Crippen molar-refractivity contribution in [3.05, 3.63) is 64.9 Å². The largest absolute Gasteiger partial charge is 0.495 e. The minimum atomic E-state index is -1.14. The molecule has 0 saturated heterocycles. The van der Waals surface area contributed by atoms with Crippen molar-refractivity contribution in [2.24, 2.45) is 28.5 Å². The van der Waals surface area contributed by atoms with Crippen molar-refractivity contribution in [2.75, 3.05) is 20.7 Å². The van der Waals surface area contributed by atoms with E-state index >= 15 is 0 Å². The Balaban J connectivity index is 2.42. The SMILES string of the molecule is CN=CC(=CN)/C=C/[C@@H](C)[C@@H]1C/C=C/C(=O)N[C@H](Cc2ccc(OC)c(Cl)c2)C(=O)NC[C@@H](C)C(=O)O[C@@H](CC(C)C)C(=O)O1. The third kappa shape index (κ3) is 12.4. The number of nitrogens with two attached hydrogens (primary N) is 1. The molecule has 11 nitrogen and oxygen atoms in total. The average molecular weight is 645 g/mol. The Bertz CT molecular complexity index is 1310. The predicted molar refractivity (Wildman–Crippen MR) is 174 cm³/mol. The molecule has 0 unspecified atom stereocenters. The van der Waals surface area contributed by atoms with Gasteiger partial charge in [-0.05, 0) is 36.1 Å². The Morgan fingerprint density at radius 1 is 1.18 bits per heavy atom. The zero-order chi connectivity index (χ0) is 33.5. The van der Waals surface area contributed by atoms with Gasteiger partial charge in [0, 0.05) is 50.3 Å². The zero-order valence-electron chi connectivity index (χ0n) is 26.7. The number of benzene rings is 1. The van der Waals surface area contributed by atoms with Crippen LogP contribution in [0, 0.1) is 17.8 Å². The third-order valence-electron chi connectivity index (χ3n) is 7.04. The van der Waals surface area contributed by atoms with E-state index in [0.717, 1.165) is 0 Å². The number of ether oxygens (including phenoxy) is 3. The van der Waals surface area contributed by atoms with E-state index < -0.39 is 47.9 Å². The third-order valence-corrected chi connectivity index (χ3v) is 7.33. The van der Waals surface area contributed by atoms with Gasteiger partial charge in [-0.2, -0.15) is 0 Å². The van der Waals surface area contributed by atoms with Gasteiger partial charge >= 0.3 is 11.9 Å². The van der Waals surface area contributed by atoms with Gasteiger partial charge in [0.25, 0.3) is 0 Å². The average Bonchev–Trinajstić information content (AvgIpc) is 2.99. The van der Waals surface area contributed by atoms with Crippen LogP contribution in [0.2, 0.25) is 5.02 Å². The van der Waals surface area contributed by atoms with Gasteiger partial charge in [0.15, 0.2) is 6.10 Å². The highest BCUT2D eigenvalue weighted by atomic mass is 35.5. The number of carbonyl (C=O) groups is 4. The lowest BCUT2D eigenvalue weighted by atomic mass is 9.99. The number of hydrogen-bond donors (Lipinski definition) is 3. The summed E-state index contributed by atoms with van der Waals surface area (Å²) in [6, 6.07) is 4.11. The molecule has 1 heterocycles. The van der Waals surface area contributed by atoms with Crippen LogP contribution in [0.3, 0.4) is 0 Å². The standard InChI is InChI=1S/C33H45ClN4O7/c1-20(2)14-29-33(42)44-27(21(3)10-11-24(17-35)19-36-5)8-7-9-30(39)38-26(31(40)37-18-22(4)32(41)45-29)16-23-12-13-28(43-6)25(34)15-23/h7,9-13,15,17,19-22,26-27,29H,8,14,16,18,35H2,1-6H3,(H,37,40)(H,38,39)/b9-7+,11-10+,24-17?,36-19?/t21-,22-,26-,27+,29+/m1/s1. The number of hydrogen-bond acceptors (Lipinski definition) is 9. The van der Waals surface area contributed by atoms with E-state index in [9.17, 15) is 19.2 Å². The molecule has 2 rings (SSSR count). The van der Waals surface area contributed by atoms with Crippen molar-refractivity contribution in [3.63, 3.8) is 0 Å². The molecule has 1 aromatic rings. The molecule has 0 aliphatic carbocycles. The fraction of sp³-hybridized carbons (Fsp3) is 0.485. The number of cyclic esters (lactones) is 2. The van der Waals surface area contributed by atoms with Crippen LogP contribution in [-0.2, 0) is 35.1 Å². The number of rotatable bonds is 9. The fourth-order valence-corrected chi connectivity index (χ4v) is 4.70. The van der Waals surface area contributed by atoms with Crippen molar-refractivity contribution in [1.29, 1.82) is 0 Å². The molecule has 5 atom stereocenters. The van der Waals surface area contributed by atoms with Gasteiger partial charge in [0.05, 0.1) is 18.1 Å². The smallest absolute Gasteiger partial charge is 0.347 e. The summed E-state index contributed by atoms with van der Waals surface area (Å²) >= 11 is 6.28. The highest BCUT2D eigenvalue weighted by molar-refractivity contribution is 6.32. The van der Waals surface area contributed by atoms with Crippen LogP contribution in [0.1, 0.15) is 46.1 Å². The summed E-state index contributed by atoms with van der Waals surface area (Å²) in [4.78, 5) is 56.6. The Kier molecular flexibility index (Phi) is 15.3. The van der Waals surface area contributed by atoms with Crippen LogP contribution in [0.25, 0.3) is 0 Å². The van der Waals surface area contributed by atoms with E-state index in [0.29, 0.717) is 21.9 Å². The Labute approximate surface area is 270 Å². The van der Waals surface area contributed by atoms with E-state index in [1.165, 1.54) is 19.4 Å². The molecule has 12 heteroatoms. The highest BCUT2D eigenvalue weighted by Gasteiger charge is 2.31. The molecule has 0 fully saturated rings. The monoisotopic (exact) mass is 644 g/mol. The normalized spacial score (nSPS) is 24.2. The lowest BCUT2D eigenvalue weighted by Crippen LogP contribution is -2.49. The molecule has 0 saturated carbocycles. The zero-order valence-corrected chi connectivity index (χ0v) is 27.5. The number of amides is 2. The summed E-state index contributed by atoms with van der Waals surface area (Å²) in [5, 5.41) is 5.81. The molecular formula is C33H45ClN4O7. The van der Waals surface area contributed by atoms with Gasteiger partial charge in [0.2, 0.25) is 11.8 Å². The van der Waals surface area contributed by atoms with Crippen molar-refractivity contribution in [1.82, 2.24) is 10.6 Å². The maximum atomic E-state index is 13.3. The molecule has 246 valence electrons. The van der Waals surface area contributed by atoms with Crippen molar-refractivity contribution < 1.29 is 33.4 Å². The van der Waals surface area contributed by atoms with E-state index in [1.807, 2.05) is 26.8 Å². The molecule has 1 aliphatic rings. The second kappa shape index (κ2) is 18.6. The molecule has 0 spiro atoms.